The van der Waals surface area contributed by atoms with Crippen LogP contribution in [0.4, 0.5) is 10.5 Å². The van der Waals surface area contributed by atoms with Crippen LogP contribution in [-0.2, 0) is 9.53 Å². The van der Waals surface area contributed by atoms with E-state index in [0.29, 0.717) is 0 Å². The van der Waals surface area contributed by atoms with Crippen molar-refractivity contribution in [1.82, 2.24) is 5.32 Å². The fourth-order valence-corrected chi connectivity index (χ4v) is 1.49. The lowest BCUT2D eigenvalue weighted by atomic mass is 10.1. The number of imide groups is 1. The van der Waals surface area contributed by atoms with Crippen LogP contribution in [0, 0.1) is 17.0 Å². The summed E-state index contributed by atoms with van der Waals surface area (Å²) in [6.45, 7) is 2.73. The van der Waals surface area contributed by atoms with Crippen LogP contribution < -0.4 is 11.1 Å². The fourth-order valence-electron chi connectivity index (χ4n) is 1.49. The highest BCUT2D eigenvalue weighted by atomic mass is 16.6. The van der Waals surface area contributed by atoms with Gasteiger partial charge < -0.3 is 10.5 Å². The normalized spacial score (nSPS) is 11.3. The van der Waals surface area contributed by atoms with E-state index >= 15 is 0 Å². The molecule has 0 fully saturated rings. The lowest BCUT2D eigenvalue weighted by Gasteiger charge is -2.12. The number of rotatable bonds is 4. The molecule has 9 nitrogen and oxygen atoms in total. The standard InChI is InChI=1S/C12H13N3O6/c1-6-5-8(3-4-9(6)15(19)20)11(17)21-7(2)10(16)14-12(13)18/h3-5,7H,1-2H3,(H3,13,14,16,18). The highest BCUT2D eigenvalue weighted by Gasteiger charge is 2.21. The molecule has 21 heavy (non-hydrogen) atoms. The number of carbonyl (C=O) groups is 3. The summed E-state index contributed by atoms with van der Waals surface area (Å²) in [5.74, 6) is -1.71. The molecule has 1 atom stereocenters. The molecule has 0 saturated carbocycles. The maximum atomic E-state index is 11.8. The van der Waals surface area contributed by atoms with E-state index in [1.54, 1.807) is 5.32 Å². The first-order valence-corrected chi connectivity index (χ1v) is 5.78. The zero-order chi connectivity index (χ0) is 16.2. The molecule has 112 valence electrons. The third kappa shape index (κ3) is 4.27. The third-order valence-corrected chi connectivity index (χ3v) is 2.53. The van der Waals surface area contributed by atoms with Gasteiger partial charge in [0.2, 0.25) is 0 Å². The first kappa shape index (κ1) is 16.1. The summed E-state index contributed by atoms with van der Waals surface area (Å²) in [6.07, 6.45) is -1.24. The van der Waals surface area contributed by atoms with Crippen molar-refractivity contribution < 1.29 is 24.0 Å². The number of nitrogens with one attached hydrogen (secondary N) is 1. The Labute approximate surface area is 119 Å². The number of aryl methyl sites for hydroxylation is 1. The number of nitrogens with zero attached hydrogens (tertiary/aromatic N) is 1. The van der Waals surface area contributed by atoms with Gasteiger partial charge in [0.05, 0.1) is 10.5 Å². The Bertz CT molecular complexity index is 613. The lowest BCUT2D eigenvalue weighted by Crippen LogP contribution is -2.42. The summed E-state index contributed by atoms with van der Waals surface area (Å²) in [6, 6.07) is 2.60. The molecule has 9 heteroatoms. The van der Waals surface area contributed by atoms with Crippen molar-refractivity contribution in [3.05, 3.63) is 39.4 Å². The number of primary amides is 1. The number of ether oxygens (including phenoxy) is 1. The van der Waals surface area contributed by atoms with E-state index in [9.17, 15) is 24.5 Å². The van der Waals surface area contributed by atoms with Crippen LogP contribution in [0.15, 0.2) is 18.2 Å². The van der Waals surface area contributed by atoms with Crippen molar-refractivity contribution in [2.75, 3.05) is 0 Å². The zero-order valence-corrected chi connectivity index (χ0v) is 11.3. The van der Waals surface area contributed by atoms with Crippen molar-refractivity contribution in [3.8, 4) is 0 Å². The van der Waals surface area contributed by atoms with E-state index in [0.717, 1.165) is 0 Å². The molecular weight excluding hydrogens is 282 g/mol. The summed E-state index contributed by atoms with van der Waals surface area (Å²) in [7, 11) is 0. The van der Waals surface area contributed by atoms with Crippen LogP contribution in [0.1, 0.15) is 22.8 Å². The number of hydrogen-bond acceptors (Lipinski definition) is 6. The SMILES string of the molecule is Cc1cc(C(=O)OC(C)C(=O)NC(N)=O)ccc1[N+](=O)[O-]. The van der Waals surface area contributed by atoms with Gasteiger partial charge in [-0.05, 0) is 26.0 Å². The first-order chi connectivity index (χ1) is 9.72. The van der Waals surface area contributed by atoms with Gasteiger partial charge in [0.1, 0.15) is 0 Å². The van der Waals surface area contributed by atoms with Crippen molar-refractivity contribution in [1.29, 1.82) is 0 Å². The van der Waals surface area contributed by atoms with Gasteiger partial charge in [-0.15, -0.1) is 0 Å². The second-order valence-corrected chi connectivity index (χ2v) is 4.16. The summed E-state index contributed by atoms with van der Waals surface area (Å²) in [5, 5.41) is 12.4. The monoisotopic (exact) mass is 295 g/mol. The minimum Gasteiger partial charge on any atom is -0.449 e. The molecule has 3 N–H and O–H groups in total. The van der Waals surface area contributed by atoms with E-state index in [1.807, 2.05) is 0 Å². The van der Waals surface area contributed by atoms with Crippen molar-refractivity contribution in [2.45, 2.75) is 20.0 Å². The second kappa shape index (κ2) is 6.46. The Kier molecular flexibility index (Phi) is 4.95. The topological polar surface area (TPSA) is 142 Å². The minimum atomic E-state index is -1.24. The van der Waals surface area contributed by atoms with Gasteiger partial charge in [-0.3, -0.25) is 20.2 Å². The van der Waals surface area contributed by atoms with Gasteiger partial charge in [-0.1, -0.05) is 0 Å². The van der Waals surface area contributed by atoms with E-state index < -0.39 is 28.9 Å². The maximum absolute atomic E-state index is 11.8. The second-order valence-electron chi connectivity index (χ2n) is 4.16. The van der Waals surface area contributed by atoms with E-state index in [4.69, 9.17) is 10.5 Å². The molecule has 0 aliphatic carbocycles. The Morgan fingerprint density at radius 2 is 2.00 bits per heavy atom. The molecule has 1 rings (SSSR count). The Hall–Kier alpha value is -2.97. The molecule has 1 aromatic rings. The number of carbonyl (C=O) groups excluding carboxylic acids is 3. The highest BCUT2D eigenvalue weighted by molar-refractivity contribution is 5.98. The fraction of sp³-hybridized carbons (Fsp3) is 0.250. The molecule has 0 aromatic heterocycles. The summed E-state index contributed by atoms with van der Waals surface area (Å²) in [5.41, 5.74) is 4.96. The predicted molar refractivity (Wildman–Crippen MR) is 70.4 cm³/mol. The van der Waals surface area contributed by atoms with Gasteiger partial charge in [0, 0.05) is 11.6 Å². The molecule has 0 heterocycles. The summed E-state index contributed by atoms with van der Waals surface area (Å²) in [4.78, 5) is 43.7. The average Bonchev–Trinajstić information content (AvgIpc) is 2.36. The molecular formula is C12H13N3O6. The largest absolute Gasteiger partial charge is 0.449 e. The van der Waals surface area contributed by atoms with Gasteiger partial charge >= 0.3 is 12.0 Å². The van der Waals surface area contributed by atoms with Gasteiger partial charge in [0.15, 0.2) is 6.10 Å². The third-order valence-electron chi connectivity index (χ3n) is 2.53. The number of hydrogen-bond donors (Lipinski definition) is 2. The van der Waals surface area contributed by atoms with Gasteiger partial charge in [-0.25, -0.2) is 9.59 Å². The first-order valence-electron chi connectivity index (χ1n) is 5.78. The number of esters is 1. The number of nitro groups is 1. The summed E-state index contributed by atoms with van der Waals surface area (Å²) < 4.78 is 4.83. The van der Waals surface area contributed by atoms with Gasteiger partial charge in [0.25, 0.3) is 11.6 Å². The number of amides is 3. The molecule has 1 unspecified atom stereocenters. The van der Waals surface area contributed by atoms with Crippen LogP contribution in [0.5, 0.6) is 0 Å². The van der Waals surface area contributed by atoms with E-state index in [2.05, 4.69) is 0 Å². The molecule has 0 spiro atoms. The number of nitro benzene ring substituents is 1. The van der Waals surface area contributed by atoms with Crippen molar-refractivity contribution >= 4 is 23.6 Å². The molecule has 1 aromatic carbocycles. The number of nitrogens with two attached hydrogens (primary N) is 1. The molecule has 0 bridgehead atoms. The van der Waals surface area contributed by atoms with E-state index in [-0.39, 0.29) is 16.8 Å². The Balaban J connectivity index is 2.80. The van der Waals surface area contributed by atoms with Crippen LogP contribution in [-0.4, -0.2) is 28.9 Å². The molecule has 3 amide bonds. The molecule has 0 aliphatic heterocycles. The number of benzene rings is 1. The van der Waals surface area contributed by atoms with Crippen molar-refractivity contribution in [3.63, 3.8) is 0 Å². The quantitative estimate of drug-likeness (QED) is 0.474. The van der Waals surface area contributed by atoms with Crippen LogP contribution in [0.25, 0.3) is 0 Å². The van der Waals surface area contributed by atoms with E-state index in [1.165, 1.54) is 32.0 Å². The summed E-state index contributed by atoms with van der Waals surface area (Å²) >= 11 is 0. The Morgan fingerprint density at radius 1 is 1.38 bits per heavy atom. The molecule has 0 saturated heterocycles. The lowest BCUT2D eigenvalue weighted by molar-refractivity contribution is -0.385. The van der Waals surface area contributed by atoms with Crippen LogP contribution in [0.2, 0.25) is 0 Å². The Morgan fingerprint density at radius 3 is 2.48 bits per heavy atom. The average molecular weight is 295 g/mol. The number of urea groups is 1. The predicted octanol–water partition coefficient (Wildman–Crippen LogP) is 0.643. The molecule has 0 radical (unpaired) electrons. The zero-order valence-electron chi connectivity index (χ0n) is 11.3. The van der Waals surface area contributed by atoms with Gasteiger partial charge in [-0.2, -0.15) is 0 Å². The molecule has 0 aliphatic rings. The minimum absolute atomic E-state index is 0.0526. The highest BCUT2D eigenvalue weighted by Crippen LogP contribution is 2.19. The van der Waals surface area contributed by atoms with Crippen LogP contribution >= 0.6 is 0 Å². The smallest absolute Gasteiger partial charge is 0.338 e. The maximum Gasteiger partial charge on any atom is 0.338 e. The van der Waals surface area contributed by atoms with Crippen molar-refractivity contribution in [2.24, 2.45) is 5.73 Å². The van der Waals surface area contributed by atoms with Crippen LogP contribution in [0.3, 0.4) is 0 Å².